The molecule has 1 heterocycles. The van der Waals surface area contributed by atoms with Crippen LogP contribution in [0.15, 0.2) is 12.4 Å². The third kappa shape index (κ3) is 2.03. The second-order valence-electron chi connectivity index (χ2n) is 2.17. The highest BCUT2D eigenvalue weighted by atomic mass is 16.7. The van der Waals surface area contributed by atoms with Gasteiger partial charge in [-0.1, -0.05) is 5.21 Å². The largest absolute Gasteiger partial charge is 0.275 e. The van der Waals surface area contributed by atoms with Crippen LogP contribution in [0.5, 0.6) is 0 Å². The van der Waals surface area contributed by atoms with Gasteiger partial charge in [-0.3, -0.25) is 9.63 Å². The Kier molecular flexibility index (Phi) is 2.76. The first kappa shape index (κ1) is 8.66. The van der Waals surface area contributed by atoms with Crippen molar-refractivity contribution in [3.8, 4) is 0 Å². The Balaban J connectivity index is 2.47. The smallest absolute Gasteiger partial charge is 0.267 e. The summed E-state index contributed by atoms with van der Waals surface area (Å²) in [6.45, 7) is 0.143. The van der Waals surface area contributed by atoms with Gasteiger partial charge in [-0.2, -0.15) is 0 Å². The zero-order valence-electron chi connectivity index (χ0n) is 6.97. The molecule has 0 radical (unpaired) electrons. The maximum atomic E-state index is 11.2. The van der Waals surface area contributed by atoms with Gasteiger partial charge in [0.25, 0.3) is 5.91 Å². The fourth-order valence-corrected chi connectivity index (χ4v) is 0.657. The van der Waals surface area contributed by atoms with Crippen LogP contribution in [0.4, 0.5) is 0 Å². The third-order valence-electron chi connectivity index (χ3n) is 1.39. The van der Waals surface area contributed by atoms with Gasteiger partial charge in [-0.05, 0) is 0 Å². The van der Waals surface area contributed by atoms with Crippen LogP contribution < -0.4 is 0 Å². The van der Waals surface area contributed by atoms with Crippen molar-refractivity contribution in [3.05, 3.63) is 12.4 Å². The quantitative estimate of drug-likeness (QED) is 0.563. The monoisotopic (exact) mass is 170 g/mol. The Hall–Kier alpha value is -1.43. The van der Waals surface area contributed by atoms with E-state index in [0.717, 1.165) is 5.06 Å². The Labute approximate surface area is 69.7 Å². The van der Waals surface area contributed by atoms with Gasteiger partial charge in [-0.15, -0.1) is 5.10 Å². The molecule has 0 unspecified atom stereocenters. The van der Waals surface area contributed by atoms with Gasteiger partial charge in [0.1, 0.15) is 6.54 Å². The number of hydrogen-bond donors (Lipinski definition) is 0. The van der Waals surface area contributed by atoms with Gasteiger partial charge >= 0.3 is 0 Å². The molecule has 0 fully saturated rings. The molecule has 0 atom stereocenters. The van der Waals surface area contributed by atoms with E-state index in [1.807, 2.05) is 0 Å². The van der Waals surface area contributed by atoms with Crippen LogP contribution in [-0.2, 0) is 16.2 Å². The SMILES string of the molecule is CON(C)C(=O)Cn1ccnn1. The molecule has 6 heteroatoms. The molecule has 1 aromatic heterocycles. The molecule has 0 bridgehead atoms. The number of amides is 1. The van der Waals surface area contributed by atoms with Crippen LogP contribution in [0.1, 0.15) is 0 Å². The summed E-state index contributed by atoms with van der Waals surface area (Å²) in [4.78, 5) is 15.8. The summed E-state index contributed by atoms with van der Waals surface area (Å²) in [6, 6.07) is 0. The molecular weight excluding hydrogens is 160 g/mol. The van der Waals surface area contributed by atoms with Crippen molar-refractivity contribution in [1.82, 2.24) is 20.1 Å². The molecule has 66 valence electrons. The molecule has 0 saturated heterocycles. The van der Waals surface area contributed by atoms with Crippen molar-refractivity contribution < 1.29 is 9.63 Å². The maximum absolute atomic E-state index is 11.2. The first-order valence-corrected chi connectivity index (χ1v) is 3.39. The van der Waals surface area contributed by atoms with Crippen LogP contribution in [0.2, 0.25) is 0 Å². The lowest BCUT2D eigenvalue weighted by Gasteiger charge is -2.12. The molecule has 0 aliphatic heterocycles. The van der Waals surface area contributed by atoms with E-state index in [1.165, 1.54) is 18.0 Å². The van der Waals surface area contributed by atoms with E-state index < -0.39 is 0 Å². The molecule has 1 aromatic rings. The fraction of sp³-hybridized carbons (Fsp3) is 0.500. The Morgan fingerprint density at radius 1 is 1.75 bits per heavy atom. The minimum absolute atomic E-state index is 0.143. The van der Waals surface area contributed by atoms with Gasteiger partial charge < -0.3 is 0 Å². The number of carbonyl (C=O) groups excluding carboxylic acids is 1. The summed E-state index contributed by atoms with van der Waals surface area (Å²) in [7, 11) is 2.97. The van der Waals surface area contributed by atoms with Gasteiger partial charge in [0.15, 0.2) is 0 Å². The van der Waals surface area contributed by atoms with Crippen LogP contribution in [0, 0.1) is 0 Å². The minimum Gasteiger partial charge on any atom is -0.275 e. The number of carbonyl (C=O) groups is 1. The summed E-state index contributed by atoms with van der Waals surface area (Å²) in [5.41, 5.74) is 0. The lowest BCUT2D eigenvalue weighted by Crippen LogP contribution is -2.29. The van der Waals surface area contributed by atoms with E-state index >= 15 is 0 Å². The van der Waals surface area contributed by atoms with Crippen LogP contribution >= 0.6 is 0 Å². The summed E-state index contributed by atoms with van der Waals surface area (Å²) in [5.74, 6) is -0.178. The molecule has 1 amide bonds. The summed E-state index contributed by atoms with van der Waals surface area (Å²) >= 11 is 0. The average molecular weight is 170 g/mol. The Morgan fingerprint density at radius 3 is 3.00 bits per heavy atom. The molecule has 12 heavy (non-hydrogen) atoms. The molecule has 0 aromatic carbocycles. The van der Waals surface area contributed by atoms with Crippen LogP contribution in [0.25, 0.3) is 0 Å². The maximum Gasteiger partial charge on any atom is 0.267 e. The molecular formula is C6H10N4O2. The van der Waals surface area contributed by atoms with E-state index in [-0.39, 0.29) is 12.5 Å². The second-order valence-corrected chi connectivity index (χ2v) is 2.17. The topological polar surface area (TPSA) is 60.2 Å². The van der Waals surface area contributed by atoms with Crippen molar-refractivity contribution in [1.29, 1.82) is 0 Å². The van der Waals surface area contributed by atoms with Crippen molar-refractivity contribution in [2.45, 2.75) is 6.54 Å². The number of aromatic nitrogens is 3. The van der Waals surface area contributed by atoms with Crippen molar-refractivity contribution in [2.75, 3.05) is 14.2 Å². The van der Waals surface area contributed by atoms with E-state index in [9.17, 15) is 4.79 Å². The standard InChI is InChI=1S/C6H10N4O2/c1-9(12-2)6(11)5-10-4-3-7-8-10/h3-4H,5H2,1-2H3. The lowest BCUT2D eigenvalue weighted by molar-refractivity contribution is -0.169. The summed E-state index contributed by atoms with van der Waals surface area (Å²) < 4.78 is 1.43. The third-order valence-corrected chi connectivity index (χ3v) is 1.39. The van der Waals surface area contributed by atoms with Crippen LogP contribution in [-0.4, -0.2) is 40.1 Å². The molecule has 6 nitrogen and oxygen atoms in total. The zero-order chi connectivity index (χ0) is 8.97. The van der Waals surface area contributed by atoms with Crippen molar-refractivity contribution in [2.24, 2.45) is 0 Å². The van der Waals surface area contributed by atoms with Gasteiger partial charge in [0.05, 0.1) is 13.3 Å². The number of likely N-dealkylation sites (N-methyl/N-ethyl adjacent to an activating group) is 1. The predicted molar refractivity (Wildman–Crippen MR) is 39.8 cm³/mol. The molecule has 0 aliphatic carbocycles. The first-order chi connectivity index (χ1) is 5.74. The number of nitrogens with zero attached hydrogens (tertiary/aromatic N) is 4. The van der Waals surface area contributed by atoms with Crippen LogP contribution in [0.3, 0.4) is 0 Å². The normalized spacial score (nSPS) is 9.83. The van der Waals surface area contributed by atoms with Crippen molar-refractivity contribution in [3.63, 3.8) is 0 Å². The lowest BCUT2D eigenvalue weighted by atomic mass is 10.6. The summed E-state index contributed by atoms with van der Waals surface area (Å²) in [5, 5.41) is 8.34. The number of hydroxylamine groups is 2. The Bertz CT molecular complexity index is 246. The first-order valence-electron chi connectivity index (χ1n) is 3.39. The highest BCUT2D eigenvalue weighted by molar-refractivity contribution is 5.74. The molecule has 0 spiro atoms. The highest BCUT2D eigenvalue weighted by Crippen LogP contribution is 1.88. The van der Waals surface area contributed by atoms with E-state index in [2.05, 4.69) is 15.1 Å². The Morgan fingerprint density at radius 2 is 2.50 bits per heavy atom. The molecule has 0 saturated carbocycles. The van der Waals surface area contributed by atoms with Gasteiger partial charge in [0.2, 0.25) is 0 Å². The zero-order valence-corrected chi connectivity index (χ0v) is 6.97. The van der Waals surface area contributed by atoms with Crippen molar-refractivity contribution >= 4 is 5.91 Å². The second kappa shape index (κ2) is 3.82. The highest BCUT2D eigenvalue weighted by Gasteiger charge is 2.08. The molecule has 0 N–H and O–H groups in total. The van der Waals surface area contributed by atoms with E-state index in [1.54, 1.807) is 13.2 Å². The predicted octanol–water partition coefficient (Wildman–Crippen LogP) is -0.702. The van der Waals surface area contributed by atoms with Gasteiger partial charge in [0, 0.05) is 13.2 Å². The average Bonchev–Trinajstić information content (AvgIpc) is 2.55. The number of rotatable bonds is 3. The summed E-state index contributed by atoms with van der Waals surface area (Å²) in [6.07, 6.45) is 3.13. The molecule has 0 aliphatic rings. The fourth-order valence-electron chi connectivity index (χ4n) is 0.657. The van der Waals surface area contributed by atoms with E-state index in [0.29, 0.717) is 0 Å². The number of hydrogen-bond acceptors (Lipinski definition) is 4. The van der Waals surface area contributed by atoms with E-state index in [4.69, 9.17) is 0 Å². The molecule has 1 rings (SSSR count). The van der Waals surface area contributed by atoms with Gasteiger partial charge in [-0.25, -0.2) is 9.75 Å². The minimum atomic E-state index is -0.178.